The van der Waals surface area contributed by atoms with E-state index in [1.165, 1.54) is 5.56 Å². The van der Waals surface area contributed by atoms with Crippen LogP contribution in [0.2, 0.25) is 0 Å². The minimum absolute atomic E-state index is 0.0869. The minimum atomic E-state index is 0.0869. The lowest BCUT2D eigenvalue weighted by atomic mass is 10.0. The summed E-state index contributed by atoms with van der Waals surface area (Å²) in [6.45, 7) is 3.99. The molecule has 0 aliphatic carbocycles. The number of rotatable bonds is 4. The van der Waals surface area contributed by atoms with Crippen molar-refractivity contribution in [1.82, 2.24) is 4.98 Å². The van der Waals surface area contributed by atoms with Gasteiger partial charge in [-0.05, 0) is 23.6 Å². The van der Waals surface area contributed by atoms with Crippen molar-refractivity contribution < 1.29 is 4.79 Å². The number of nitrogens with zero attached hydrogens (tertiary/aromatic N) is 1. The van der Waals surface area contributed by atoms with Crippen molar-refractivity contribution in [2.75, 3.05) is 0 Å². The highest BCUT2D eigenvalue weighted by Crippen LogP contribution is 2.20. The van der Waals surface area contributed by atoms with E-state index in [1.807, 2.05) is 13.0 Å². The van der Waals surface area contributed by atoms with E-state index in [1.54, 1.807) is 12.3 Å². The standard InChI is InChI=1S/C16H17NO/c1-3-12-6-5-7-13(10-12)14-8-9-15(17-11-14)16(18)4-2/h5-11H,3-4H2,1-2H3. The lowest BCUT2D eigenvalue weighted by Crippen LogP contribution is -1.99. The normalized spacial score (nSPS) is 10.3. The Morgan fingerprint density at radius 3 is 2.56 bits per heavy atom. The van der Waals surface area contributed by atoms with Crippen LogP contribution in [0.15, 0.2) is 42.6 Å². The molecule has 92 valence electrons. The average molecular weight is 239 g/mol. The highest BCUT2D eigenvalue weighted by molar-refractivity contribution is 5.94. The maximum absolute atomic E-state index is 11.5. The molecule has 0 N–H and O–H groups in total. The molecule has 2 rings (SSSR count). The van der Waals surface area contributed by atoms with E-state index in [0.717, 1.165) is 17.5 Å². The van der Waals surface area contributed by atoms with Crippen LogP contribution in [0.1, 0.15) is 36.3 Å². The Balaban J connectivity index is 2.31. The van der Waals surface area contributed by atoms with Crippen molar-refractivity contribution in [3.8, 4) is 11.1 Å². The molecular formula is C16H17NO. The maximum Gasteiger partial charge on any atom is 0.180 e. The first-order valence-corrected chi connectivity index (χ1v) is 6.33. The van der Waals surface area contributed by atoms with Crippen molar-refractivity contribution >= 4 is 5.78 Å². The van der Waals surface area contributed by atoms with Gasteiger partial charge in [0.15, 0.2) is 5.78 Å². The number of pyridine rings is 1. The lowest BCUT2D eigenvalue weighted by Gasteiger charge is -2.04. The monoisotopic (exact) mass is 239 g/mol. The number of carbonyl (C=O) groups excluding carboxylic acids is 1. The second kappa shape index (κ2) is 5.58. The second-order valence-corrected chi connectivity index (χ2v) is 4.26. The van der Waals surface area contributed by atoms with Gasteiger partial charge in [-0.3, -0.25) is 9.78 Å². The summed E-state index contributed by atoms with van der Waals surface area (Å²) in [5, 5.41) is 0. The van der Waals surface area contributed by atoms with E-state index in [2.05, 4.69) is 36.2 Å². The predicted molar refractivity (Wildman–Crippen MR) is 73.7 cm³/mol. The number of hydrogen-bond donors (Lipinski definition) is 0. The van der Waals surface area contributed by atoms with E-state index in [-0.39, 0.29) is 5.78 Å². The second-order valence-electron chi connectivity index (χ2n) is 4.26. The molecule has 1 heterocycles. The molecule has 1 aromatic carbocycles. The molecule has 0 spiro atoms. The fourth-order valence-electron chi connectivity index (χ4n) is 1.88. The Kier molecular flexibility index (Phi) is 3.88. The SMILES string of the molecule is CCC(=O)c1ccc(-c2cccc(CC)c2)cn1. The zero-order chi connectivity index (χ0) is 13.0. The van der Waals surface area contributed by atoms with Gasteiger partial charge < -0.3 is 0 Å². The third-order valence-corrected chi connectivity index (χ3v) is 3.04. The van der Waals surface area contributed by atoms with Gasteiger partial charge in [-0.2, -0.15) is 0 Å². The van der Waals surface area contributed by atoms with E-state index in [0.29, 0.717) is 12.1 Å². The number of benzene rings is 1. The van der Waals surface area contributed by atoms with Crippen LogP contribution in [0.25, 0.3) is 11.1 Å². The number of hydrogen-bond acceptors (Lipinski definition) is 2. The number of ketones is 1. The first kappa shape index (κ1) is 12.5. The van der Waals surface area contributed by atoms with Gasteiger partial charge in [-0.1, -0.05) is 44.2 Å². The van der Waals surface area contributed by atoms with Gasteiger partial charge in [0.1, 0.15) is 5.69 Å². The molecule has 1 aromatic heterocycles. The molecule has 0 fully saturated rings. The topological polar surface area (TPSA) is 30.0 Å². The lowest BCUT2D eigenvalue weighted by molar-refractivity contribution is 0.0983. The zero-order valence-electron chi connectivity index (χ0n) is 10.8. The van der Waals surface area contributed by atoms with Crippen molar-refractivity contribution in [3.63, 3.8) is 0 Å². The number of aromatic nitrogens is 1. The Morgan fingerprint density at radius 2 is 1.94 bits per heavy atom. The molecule has 0 radical (unpaired) electrons. The van der Waals surface area contributed by atoms with Crippen molar-refractivity contribution in [2.45, 2.75) is 26.7 Å². The summed E-state index contributed by atoms with van der Waals surface area (Å²) in [6, 6.07) is 12.2. The molecule has 2 aromatic rings. The predicted octanol–water partition coefficient (Wildman–Crippen LogP) is 3.90. The first-order valence-electron chi connectivity index (χ1n) is 6.33. The van der Waals surface area contributed by atoms with E-state index in [4.69, 9.17) is 0 Å². The number of aryl methyl sites for hydroxylation is 1. The van der Waals surface area contributed by atoms with Gasteiger partial charge in [-0.15, -0.1) is 0 Å². The van der Waals surface area contributed by atoms with Crippen molar-refractivity contribution in [2.24, 2.45) is 0 Å². The Bertz CT molecular complexity index is 543. The molecule has 0 saturated carbocycles. The summed E-state index contributed by atoms with van der Waals surface area (Å²) in [5.74, 6) is 0.0869. The van der Waals surface area contributed by atoms with Gasteiger partial charge in [0.2, 0.25) is 0 Å². The zero-order valence-corrected chi connectivity index (χ0v) is 10.8. The number of carbonyl (C=O) groups is 1. The quantitative estimate of drug-likeness (QED) is 0.757. The molecule has 0 bridgehead atoms. The van der Waals surface area contributed by atoms with Crippen LogP contribution >= 0.6 is 0 Å². The summed E-state index contributed by atoms with van der Waals surface area (Å²) in [5.41, 5.74) is 4.06. The largest absolute Gasteiger partial charge is 0.292 e. The van der Waals surface area contributed by atoms with Gasteiger partial charge in [0, 0.05) is 18.2 Å². The summed E-state index contributed by atoms with van der Waals surface area (Å²) >= 11 is 0. The highest BCUT2D eigenvalue weighted by atomic mass is 16.1. The van der Waals surface area contributed by atoms with Crippen LogP contribution in [0.5, 0.6) is 0 Å². The Hall–Kier alpha value is -1.96. The van der Waals surface area contributed by atoms with Crippen LogP contribution in [0, 0.1) is 0 Å². The minimum Gasteiger partial charge on any atom is -0.292 e. The summed E-state index contributed by atoms with van der Waals surface area (Å²) in [4.78, 5) is 15.7. The van der Waals surface area contributed by atoms with Crippen molar-refractivity contribution in [1.29, 1.82) is 0 Å². The Labute approximate surface area is 108 Å². The molecule has 2 nitrogen and oxygen atoms in total. The molecule has 0 saturated heterocycles. The molecule has 0 aliphatic heterocycles. The fraction of sp³-hybridized carbons (Fsp3) is 0.250. The molecule has 0 unspecified atom stereocenters. The molecule has 18 heavy (non-hydrogen) atoms. The smallest absolute Gasteiger partial charge is 0.180 e. The van der Waals surface area contributed by atoms with Gasteiger partial charge in [-0.25, -0.2) is 0 Å². The number of Topliss-reactive ketones (excluding diaryl/α,β-unsaturated/α-hetero) is 1. The molecule has 2 heteroatoms. The van der Waals surface area contributed by atoms with Crippen LogP contribution < -0.4 is 0 Å². The van der Waals surface area contributed by atoms with Crippen LogP contribution in [-0.2, 0) is 6.42 Å². The molecule has 0 amide bonds. The highest BCUT2D eigenvalue weighted by Gasteiger charge is 2.05. The Morgan fingerprint density at radius 1 is 1.11 bits per heavy atom. The van der Waals surface area contributed by atoms with Crippen LogP contribution in [0.3, 0.4) is 0 Å². The summed E-state index contributed by atoms with van der Waals surface area (Å²) in [6.07, 6.45) is 3.29. The summed E-state index contributed by atoms with van der Waals surface area (Å²) < 4.78 is 0. The third kappa shape index (κ3) is 2.65. The maximum atomic E-state index is 11.5. The van der Waals surface area contributed by atoms with Gasteiger partial charge in [0.05, 0.1) is 0 Å². The average Bonchev–Trinajstić information content (AvgIpc) is 2.46. The van der Waals surface area contributed by atoms with E-state index < -0.39 is 0 Å². The van der Waals surface area contributed by atoms with Gasteiger partial charge in [0.25, 0.3) is 0 Å². The van der Waals surface area contributed by atoms with E-state index >= 15 is 0 Å². The summed E-state index contributed by atoms with van der Waals surface area (Å²) in [7, 11) is 0. The molecule has 0 aliphatic rings. The van der Waals surface area contributed by atoms with Crippen LogP contribution in [0.4, 0.5) is 0 Å². The van der Waals surface area contributed by atoms with Crippen molar-refractivity contribution in [3.05, 3.63) is 53.9 Å². The molecule has 0 atom stereocenters. The third-order valence-electron chi connectivity index (χ3n) is 3.04. The molecular weight excluding hydrogens is 222 g/mol. The van der Waals surface area contributed by atoms with Gasteiger partial charge >= 0.3 is 0 Å². The van der Waals surface area contributed by atoms with Crippen LogP contribution in [-0.4, -0.2) is 10.8 Å². The fourth-order valence-corrected chi connectivity index (χ4v) is 1.88. The first-order chi connectivity index (χ1) is 8.74. The van der Waals surface area contributed by atoms with E-state index in [9.17, 15) is 4.79 Å².